The molecule has 4 heteroatoms. The van der Waals surface area contributed by atoms with Crippen molar-refractivity contribution in [1.29, 1.82) is 0 Å². The summed E-state index contributed by atoms with van der Waals surface area (Å²) in [6.07, 6.45) is 1.74. The van der Waals surface area contributed by atoms with Crippen molar-refractivity contribution in [1.82, 2.24) is 4.98 Å². The number of hydrogen-bond acceptors (Lipinski definition) is 4. The zero-order valence-corrected chi connectivity index (χ0v) is 11.0. The molecule has 0 unspecified atom stereocenters. The summed E-state index contributed by atoms with van der Waals surface area (Å²) in [6, 6.07) is 11.5. The van der Waals surface area contributed by atoms with Crippen LogP contribution in [0.15, 0.2) is 42.6 Å². The lowest BCUT2D eigenvalue weighted by Gasteiger charge is -2.12. The lowest BCUT2D eigenvalue weighted by Crippen LogP contribution is -2.07. The van der Waals surface area contributed by atoms with Gasteiger partial charge in [0.05, 0.1) is 12.3 Å². The first kappa shape index (κ1) is 13.4. The van der Waals surface area contributed by atoms with E-state index in [4.69, 9.17) is 15.2 Å². The molecule has 2 rings (SSSR count). The first-order chi connectivity index (χ1) is 9.35. The molecule has 19 heavy (non-hydrogen) atoms. The molecule has 0 fully saturated rings. The molecule has 1 heterocycles. The number of para-hydroxylation sites is 2. The van der Waals surface area contributed by atoms with E-state index in [2.05, 4.69) is 4.98 Å². The zero-order chi connectivity index (χ0) is 13.5. The molecule has 1 aromatic carbocycles. The summed E-state index contributed by atoms with van der Waals surface area (Å²) in [5.74, 6) is 1.49. The van der Waals surface area contributed by atoms with Gasteiger partial charge in [-0.2, -0.15) is 0 Å². The van der Waals surface area contributed by atoms with E-state index in [0.717, 1.165) is 22.8 Å². The van der Waals surface area contributed by atoms with Gasteiger partial charge in [0, 0.05) is 18.3 Å². The minimum atomic E-state index is 0.409. The minimum Gasteiger partial charge on any atom is -0.490 e. The monoisotopic (exact) mass is 258 g/mol. The van der Waals surface area contributed by atoms with Gasteiger partial charge in [-0.1, -0.05) is 18.2 Å². The summed E-state index contributed by atoms with van der Waals surface area (Å²) in [5, 5.41) is 0. The molecule has 0 aliphatic heterocycles. The Labute approximate surface area is 113 Å². The molecule has 0 aliphatic rings. The molecular weight excluding hydrogens is 240 g/mol. The van der Waals surface area contributed by atoms with Crippen LogP contribution in [0.5, 0.6) is 11.5 Å². The van der Waals surface area contributed by atoms with Crippen LogP contribution in [0, 0.1) is 0 Å². The number of hydrogen-bond donors (Lipinski definition) is 1. The number of nitrogens with two attached hydrogens (primary N) is 1. The van der Waals surface area contributed by atoms with Crippen molar-refractivity contribution in [3.05, 3.63) is 53.9 Å². The van der Waals surface area contributed by atoms with Crippen LogP contribution < -0.4 is 15.2 Å². The van der Waals surface area contributed by atoms with Crippen molar-refractivity contribution in [2.24, 2.45) is 5.73 Å². The predicted octanol–water partition coefficient (Wildman–Crippen LogP) is 2.52. The molecule has 4 nitrogen and oxygen atoms in total. The van der Waals surface area contributed by atoms with Gasteiger partial charge in [0.1, 0.15) is 6.61 Å². The molecule has 0 amide bonds. The third kappa shape index (κ3) is 3.45. The smallest absolute Gasteiger partial charge is 0.161 e. The summed E-state index contributed by atoms with van der Waals surface area (Å²) >= 11 is 0. The largest absolute Gasteiger partial charge is 0.490 e. The van der Waals surface area contributed by atoms with E-state index in [0.29, 0.717) is 19.8 Å². The fraction of sp³-hybridized carbons (Fsp3) is 0.267. The SMILES string of the molecule is CCOc1ccccc1OCc1cccnc1CN. The van der Waals surface area contributed by atoms with Gasteiger partial charge in [0.2, 0.25) is 0 Å². The van der Waals surface area contributed by atoms with E-state index in [1.807, 2.05) is 43.3 Å². The minimum absolute atomic E-state index is 0.409. The molecule has 0 aliphatic carbocycles. The third-order valence-corrected chi connectivity index (χ3v) is 2.71. The van der Waals surface area contributed by atoms with Crippen molar-refractivity contribution in [2.75, 3.05) is 6.61 Å². The molecule has 0 radical (unpaired) electrons. The Kier molecular flexibility index (Phi) is 4.75. The molecule has 2 N–H and O–H groups in total. The maximum absolute atomic E-state index is 5.80. The number of pyridine rings is 1. The second-order valence-corrected chi connectivity index (χ2v) is 3.98. The Morgan fingerprint density at radius 3 is 2.47 bits per heavy atom. The van der Waals surface area contributed by atoms with Gasteiger partial charge in [0.25, 0.3) is 0 Å². The number of nitrogens with zero attached hydrogens (tertiary/aromatic N) is 1. The van der Waals surface area contributed by atoms with Gasteiger partial charge in [-0.05, 0) is 25.1 Å². The Hall–Kier alpha value is -2.07. The average molecular weight is 258 g/mol. The van der Waals surface area contributed by atoms with E-state index in [9.17, 15) is 0 Å². The molecule has 0 atom stereocenters. The van der Waals surface area contributed by atoms with Crippen LogP contribution in [-0.4, -0.2) is 11.6 Å². The molecule has 0 saturated carbocycles. The van der Waals surface area contributed by atoms with Crippen molar-refractivity contribution < 1.29 is 9.47 Å². The van der Waals surface area contributed by atoms with Crippen molar-refractivity contribution >= 4 is 0 Å². The number of rotatable bonds is 6. The molecule has 100 valence electrons. The maximum Gasteiger partial charge on any atom is 0.161 e. The summed E-state index contributed by atoms with van der Waals surface area (Å²) in [7, 11) is 0. The van der Waals surface area contributed by atoms with Gasteiger partial charge in [-0.25, -0.2) is 0 Å². The summed E-state index contributed by atoms with van der Waals surface area (Å²) in [4.78, 5) is 4.23. The molecule has 0 bridgehead atoms. The van der Waals surface area contributed by atoms with Crippen LogP contribution in [0.2, 0.25) is 0 Å². The molecule has 0 spiro atoms. The second-order valence-electron chi connectivity index (χ2n) is 3.98. The fourth-order valence-corrected chi connectivity index (χ4v) is 1.79. The van der Waals surface area contributed by atoms with Crippen LogP contribution in [0.4, 0.5) is 0 Å². The van der Waals surface area contributed by atoms with Gasteiger partial charge < -0.3 is 15.2 Å². The van der Waals surface area contributed by atoms with Crippen LogP contribution in [0.1, 0.15) is 18.2 Å². The number of ether oxygens (including phenoxy) is 2. The van der Waals surface area contributed by atoms with Gasteiger partial charge >= 0.3 is 0 Å². The van der Waals surface area contributed by atoms with Crippen LogP contribution in [0.25, 0.3) is 0 Å². The highest BCUT2D eigenvalue weighted by molar-refractivity contribution is 5.39. The van der Waals surface area contributed by atoms with Gasteiger partial charge in [0.15, 0.2) is 11.5 Å². The highest BCUT2D eigenvalue weighted by atomic mass is 16.5. The first-order valence-corrected chi connectivity index (χ1v) is 6.32. The lowest BCUT2D eigenvalue weighted by atomic mass is 10.2. The Morgan fingerprint density at radius 2 is 1.79 bits per heavy atom. The standard InChI is InChI=1S/C15H18N2O2/c1-2-18-14-7-3-4-8-15(14)19-11-12-6-5-9-17-13(12)10-16/h3-9H,2,10-11,16H2,1H3. The summed E-state index contributed by atoms with van der Waals surface area (Å²) in [6.45, 7) is 3.41. The lowest BCUT2D eigenvalue weighted by molar-refractivity contribution is 0.268. The van der Waals surface area contributed by atoms with E-state index in [-0.39, 0.29) is 0 Å². The van der Waals surface area contributed by atoms with Crippen LogP contribution in [-0.2, 0) is 13.2 Å². The highest BCUT2D eigenvalue weighted by Gasteiger charge is 2.06. The third-order valence-electron chi connectivity index (χ3n) is 2.71. The van der Waals surface area contributed by atoms with Crippen molar-refractivity contribution in [3.8, 4) is 11.5 Å². The maximum atomic E-state index is 5.80. The highest BCUT2D eigenvalue weighted by Crippen LogP contribution is 2.27. The van der Waals surface area contributed by atoms with Gasteiger partial charge in [-0.3, -0.25) is 4.98 Å². The van der Waals surface area contributed by atoms with Crippen LogP contribution in [0.3, 0.4) is 0 Å². The second kappa shape index (κ2) is 6.75. The van der Waals surface area contributed by atoms with Crippen molar-refractivity contribution in [3.63, 3.8) is 0 Å². The fourth-order valence-electron chi connectivity index (χ4n) is 1.79. The first-order valence-electron chi connectivity index (χ1n) is 6.32. The zero-order valence-electron chi connectivity index (χ0n) is 11.0. The number of benzene rings is 1. The van der Waals surface area contributed by atoms with Crippen molar-refractivity contribution in [2.45, 2.75) is 20.1 Å². The van der Waals surface area contributed by atoms with Crippen LogP contribution >= 0.6 is 0 Å². The summed E-state index contributed by atoms with van der Waals surface area (Å²) in [5.41, 5.74) is 7.51. The molecule has 1 aromatic heterocycles. The predicted molar refractivity (Wildman–Crippen MR) is 74.1 cm³/mol. The Morgan fingerprint density at radius 1 is 1.05 bits per heavy atom. The Balaban J connectivity index is 2.10. The Bertz CT molecular complexity index is 529. The summed E-state index contributed by atoms with van der Waals surface area (Å²) < 4.78 is 11.3. The molecular formula is C15H18N2O2. The van der Waals surface area contributed by atoms with Gasteiger partial charge in [-0.15, -0.1) is 0 Å². The topological polar surface area (TPSA) is 57.4 Å². The quantitative estimate of drug-likeness (QED) is 0.865. The van der Waals surface area contributed by atoms with E-state index < -0.39 is 0 Å². The molecule has 0 saturated heterocycles. The molecule has 2 aromatic rings. The number of aromatic nitrogens is 1. The van der Waals surface area contributed by atoms with E-state index in [1.54, 1.807) is 6.20 Å². The van der Waals surface area contributed by atoms with E-state index >= 15 is 0 Å². The van der Waals surface area contributed by atoms with E-state index in [1.165, 1.54) is 0 Å². The normalized spacial score (nSPS) is 10.2. The average Bonchev–Trinajstić information content (AvgIpc) is 2.47.